The van der Waals surface area contributed by atoms with Crippen LogP contribution in [0.25, 0.3) is 11.0 Å². The number of nitrogens with one attached hydrogen (secondary N) is 2. The predicted octanol–water partition coefficient (Wildman–Crippen LogP) is 1.32. The van der Waals surface area contributed by atoms with Crippen LogP contribution in [0.15, 0.2) is 22.4 Å². The van der Waals surface area contributed by atoms with Gasteiger partial charge in [-0.25, -0.2) is 4.98 Å². The third-order valence-electron chi connectivity index (χ3n) is 3.14. The fraction of sp³-hybridized carbons (Fsp3) is 0.308. The molecule has 0 unspecified atom stereocenters. The molecule has 0 aliphatic heterocycles. The van der Waals surface area contributed by atoms with Crippen molar-refractivity contribution in [2.45, 2.75) is 20.0 Å². The molecule has 7 heteroatoms. The van der Waals surface area contributed by atoms with Gasteiger partial charge in [-0.3, -0.25) is 9.48 Å². The van der Waals surface area contributed by atoms with Crippen molar-refractivity contribution in [1.29, 1.82) is 0 Å². The predicted molar refractivity (Wildman–Crippen MR) is 78.7 cm³/mol. The smallest absolute Gasteiger partial charge is 0.304 e. The molecule has 3 heterocycles. The summed E-state index contributed by atoms with van der Waals surface area (Å²) in [5.41, 5.74) is 3.89. The number of aryl methyl sites for hydroxylation is 2. The summed E-state index contributed by atoms with van der Waals surface area (Å²) in [5, 5.41) is 10.6. The van der Waals surface area contributed by atoms with E-state index in [4.69, 9.17) is 0 Å². The average molecular weight is 289 g/mol. The summed E-state index contributed by atoms with van der Waals surface area (Å²) in [4.78, 5) is 18.2. The van der Waals surface area contributed by atoms with Gasteiger partial charge in [0, 0.05) is 42.8 Å². The lowest BCUT2D eigenvalue weighted by Crippen LogP contribution is -2.14. The summed E-state index contributed by atoms with van der Waals surface area (Å²) in [7, 11) is 1.90. The van der Waals surface area contributed by atoms with Crippen LogP contribution < -0.4 is 10.2 Å². The number of aromatic nitrogens is 4. The maximum absolute atomic E-state index is 11.0. The highest BCUT2D eigenvalue weighted by Crippen LogP contribution is 2.16. The van der Waals surface area contributed by atoms with E-state index in [0.717, 1.165) is 28.0 Å². The van der Waals surface area contributed by atoms with Crippen molar-refractivity contribution >= 4 is 22.4 Å². The molecule has 3 aromatic heterocycles. The molecule has 0 bridgehead atoms. The van der Waals surface area contributed by atoms with E-state index in [1.165, 1.54) is 11.3 Å². The summed E-state index contributed by atoms with van der Waals surface area (Å²) in [5.74, 6) is 0. The quantitative estimate of drug-likeness (QED) is 0.759. The van der Waals surface area contributed by atoms with Gasteiger partial charge < -0.3 is 10.3 Å². The van der Waals surface area contributed by atoms with E-state index < -0.39 is 0 Å². The molecule has 6 nitrogen and oxygen atoms in total. The molecule has 0 spiro atoms. The molecule has 0 aromatic carbocycles. The van der Waals surface area contributed by atoms with E-state index in [9.17, 15) is 4.79 Å². The van der Waals surface area contributed by atoms with Gasteiger partial charge in [-0.1, -0.05) is 11.3 Å². The molecule has 0 radical (unpaired) electrons. The molecule has 2 N–H and O–H groups in total. The Morgan fingerprint density at radius 3 is 3.05 bits per heavy atom. The van der Waals surface area contributed by atoms with Crippen molar-refractivity contribution in [3.8, 4) is 0 Å². The number of aromatic amines is 1. The number of hydrogen-bond acceptors (Lipinski definition) is 5. The SMILES string of the molecule is Cc1nn(C)c2ncc(CNCc3csc(=O)[nH]3)cc12. The number of hydrogen-bond donors (Lipinski definition) is 2. The lowest BCUT2D eigenvalue weighted by Gasteiger charge is -2.03. The molecule has 3 aromatic rings. The van der Waals surface area contributed by atoms with Gasteiger partial charge in [-0.2, -0.15) is 5.10 Å². The molecule has 0 saturated carbocycles. The standard InChI is InChI=1S/C13H15N5OS/c1-8-11-3-9(5-15-12(11)18(2)17-8)4-14-6-10-7-20-13(19)16-10/h3,5,7,14H,4,6H2,1-2H3,(H,16,19). The van der Waals surface area contributed by atoms with Gasteiger partial charge >= 0.3 is 4.87 Å². The van der Waals surface area contributed by atoms with Crippen LogP contribution >= 0.6 is 11.3 Å². The molecular formula is C13H15N5OS. The van der Waals surface area contributed by atoms with Gasteiger partial charge in [-0.15, -0.1) is 0 Å². The Labute approximate surface area is 119 Å². The average Bonchev–Trinajstić information content (AvgIpc) is 2.95. The summed E-state index contributed by atoms with van der Waals surface area (Å²) >= 11 is 1.18. The lowest BCUT2D eigenvalue weighted by molar-refractivity contribution is 0.680. The van der Waals surface area contributed by atoms with E-state index in [2.05, 4.69) is 26.4 Å². The molecule has 3 rings (SSSR count). The lowest BCUT2D eigenvalue weighted by atomic mass is 10.2. The second kappa shape index (κ2) is 5.18. The van der Waals surface area contributed by atoms with Crippen LogP contribution in [0, 0.1) is 6.92 Å². The summed E-state index contributed by atoms with van der Waals surface area (Å²) in [6.07, 6.45) is 1.85. The zero-order valence-corrected chi connectivity index (χ0v) is 12.1. The Kier molecular flexibility index (Phi) is 3.37. The minimum atomic E-state index is -0.0177. The Hall–Kier alpha value is -1.99. The summed E-state index contributed by atoms with van der Waals surface area (Å²) in [6, 6.07) is 2.11. The van der Waals surface area contributed by atoms with Gasteiger partial charge in [0.15, 0.2) is 5.65 Å². The van der Waals surface area contributed by atoms with Crippen molar-refractivity contribution in [2.24, 2.45) is 7.05 Å². The van der Waals surface area contributed by atoms with Gasteiger partial charge in [0.05, 0.1) is 5.69 Å². The largest absolute Gasteiger partial charge is 0.315 e. The Bertz CT molecular complexity index is 801. The van der Waals surface area contributed by atoms with Gasteiger partial charge in [0.2, 0.25) is 0 Å². The molecule has 0 atom stereocenters. The fourth-order valence-electron chi connectivity index (χ4n) is 2.19. The molecule has 0 amide bonds. The van der Waals surface area contributed by atoms with E-state index in [1.54, 1.807) is 4.68 Å². The maximum atomic E-state index is 11.0. The van der Waals surface area contributed by atoms with Crippen LogP contribution in [0.5, 0.6) is 0 Å². The molecule has 0 aliphatic rings. The Morgan fingerprint density at radius 2 is 2.30 bits per heavy atom. The molecule has 104 valence electrons. The van der Waals surface area contributed by atoms with Crippen molar-refractivity contribution in [3.05, 3.63) is 44.3 Å². The number of nitrogens with zero attached hydrogens (tertiary/aromatic N) is 3. The topological polar surface area (TPSA) is 75.6 Å². The maximum Gasteiger partial charge on any atom is 0.304 e. The van der Waals surface area contributed by atoms with Crippen LogP contribution in [0.2, 0.25) is 0 Å². The Morgan fingerprint density at radius 1 is 1.45 bits per heavy atom. The van der Waals surface area contributed by atoms with Crippen LogP contribution in [0.1, 0.15) is 17.0 Å². The van der Waals surface area contributed by atoms with Crippen LogP contribution in [-0.2, 0) is 20.1 Å². The van der Waals surface area contributed by atoms with Crippen molar-refractivity contribution < 1.29 is 0 Å². The monoisotopic (exact) mass is 289 g/mol. The highest BCUT2D eigenvalue weighted by molar-refractivity contribution is 7.07. The molecule has 0 aliphatic carbocycles. The van der Waals surface area contributed by atoms with E-state index in [0.29, 0.717) is 13.1 Å². The van der Waals surface area contributed by atoms with E-state index in [-0.39, 0.29) is 4.87 Å². The highest BCUT2D eigenvalue weighted by atomic mass is 32.1. The van der Waals surface area contributed by atoms with Gasteiger partial charge in [0.25, 0.3) is 0 Å². The third kappa shape index (κ3) is 2.50. The molecule has 0 fully saturated rings. The molecule has 20 heavy (non-hydrogen) atoms. The first-order chi connectivity index (χ1) is 9.63. The van der Waals surface area contributed by atoms with Crippen molar-refractivity contribution in [1.82, 2.24) is 25.1 Å². The minimum absolute atomic E-state index is 0.0177. The summed E-state index contributed by atoms with van der Waals surface area (Å²) < 4.78 is 1.79. The van der Waals surface area contributed by atoms with Crippen LogP contribution in [0.4, 0.5) is 0 Å². The van der Waals surface area contributed by atoms with Gasteiger partial charge in [0.1, 0.15) is 0 Å². The zero-order chi connectivity index (χ0) is 14.1. The van der Waals surface area contributed by atoms with Crippen molar-refractivity contribution in [2.75, 3.05) is 0 Å². The Balaban J connectivity index is 1.71. The first kappa shape index (κ1) is 13.0. The van der Waals surface area contributed by atoms with Crippen molar-refractivity contribution in [3.63, 3.8) is 0 Å². The summed E-state index contributed by atoms with van der Waals surface area (Å²) in [6.45, 7) is 3.33. The second-order valence-electron chi connectivity index (χ2n) is 4.70. The number of pyridine rings is 1. The zero-order valence-electron chi connectivity index (χ0n) is 11.3. The second-order valence-corrected chi connectivity index (χ2v) is 5.54. The van der Waals surface area contributed by atoms with E-state index in [1.807, 2.05) is 25.5 Å². The van der Waals surface area contributed by atoms with Gasteiger partial charge in [-0.05, 0) is 18.6 Å². The number of H-pyrrole nitrogens is 1. The van der Waals surface area contributed by atoms with Crippen LogP contribution in [-0.4, -0.2) is 19.7 Å². The number of rotatable bonds is 4. The fourth-order valence-corrected chi connectivity index (χ4v) is 2.77. The highest BCUT2D eigenvalue weighted by Gasteiger charge is 2.06. The number of thiazole rings is 1. The normalized spacial score (nSPS) is 11.3. The first-order valence-corrected chi connectivity index (χ1v) is 7.17. The first-order valence-electron chi connectivity index (χ1n) is 6.29. The third-order valence-corrected chi connectivity index (χ3v) is 3.85. The minimum Gasteiger partial charge on any atom is -0.315 e. The molecule has 0 saturated heterocycles. The van der Waals surface area contributed by atoms with E-state index >= 15 is 0 Å². The number of fused-ring (bicyclic) bond motifs is 1. The molecular weight excluding hydrogens is 274 g/mol. The van der Waals surface area contributed by atoms with Crippen LogP contribution in [0.3, 0.4) is 0 Å².